The molecule has 2 aliphatic carbocycles. The SMILES string of the molecule is CC(C)N1C2=CC(=NC(=O)C(F)(F)C(F)(F)F)/C(=C3/C(=O)C(c4cc5c(cc4NC(=O)C(F)(F)C(F)(F)F)N(C(C)C)C(C)C5(C)C)=C3O)C=C2C(C)(C)C1C. The van der Waals surface area contributed by atoms with Gasteiger partial charge in [0.25, 0.3) is 0 Å². The zero-order valence-corrected chi connectivity index (χ0v) is 31.9. The number of ketones is 1. The standard InChI is InChI=1S/C38H40F10N4O4/c1-15(2)51-17(5)33(7,8)21-11-19(23(13-25(21)51)49-31(55)35(39,40)37(43,44)45)27-29(53)28(30(27)54)20-12-22-26(52(16(3)4)18(6)34(22,9)10)14-24(20)50-32(56)36(41,42)38(46,47)48/h11-18,53H,1-10H3,(H,49,55)/b28-20+,50-24?. The number of nitrogens with one attached hydrogen (secondary N) is 1. The fraction of sp³-hybridized carbons (Fsp3) is 0.526. The largest absolute Gasteiger partial charge is 0.506 e. The molecule has 0 radical (unpaired) electrons. The van der Waals surface area contributed by atoms with Crippen LogP contribution in [-0.4, -0.2) is 81.7 Å². The number of benzene rings is 1. The lowest BCUT2D eigenvalue weighted by Gasteiger charge is -2.34. The average molecular weight is 807 g/mol. The van der Waals surface area contributed by atoms with Crippen molar-refractivity contribution in [2.75, 3.05) is 10.2 Å². The van der Waals surface area contributed by atoms with E-state index < -0.39 is 92.1 Å². The van der Waals surface area contributed by atoms with E-state index in [2.05, 4.69) is 4.99 Å². The van der Waals surface area contributed by atoms with Gasteiger partial charge in [-0.2, -0.15) is 43.9 Å². The predicted molar refractivity (Wildman–Crippen MR) is 188 cm³/mol. The molecule has 5 rings (SSSR count). The van der Waals surface area contributed by atoms with Crippen LogP contribution in [0.25, 0.3) is 5.57 Å². The second-order valence-corrected chi connectivity index (χ2v) is 16.0. The first-order chi connectivity index (χ1) is 25.2. The molecule has 1 aromatic rings. The zero-order chi connectivity index (χ0) is 42.8. The first-order valence-electron chi connectivity index (χ1n) is 17.5. The number of aliphatic imine (C=N–C) groups is 1. The molecule has 18 heteroatoms. The first-order valence-corrected chi connectivity index (χ1v) is 17.5. The van der Waals surface area contributed by atoms with Crippen molar-refractivity contribution in [3.63, 3.8) is 0 Å². The van der Waals surface area contributed by atoms with Gasteiger partial charge < -0.3 is 20.2 Å². The molecule has 2 amide bonds. The number of Topliss-reactive ketones (excluding diaryl/α,β-unsaturated/α-hetero) is 1. The number of carbonyl (C=O) groups is 3. The van der Waals surface area contributed by atoms with E-state index in [9.17, 15) is 63.4 Å². The van der Waals surface area contributed by atoms with Gasteiger partial charge in [0.1, 0.15) is 5.76 Å². The van der Waals surface area contributed by atoms with E-state index in [1.165, 1.54) is 12.1 Å². The predicted octanol–water partition coefficient (Wildman–Crippen LogP) is 8.99. The van der Waals surface area contributed by atoms with Gasteiger partial charge in [-0.1, -0.05) is 27.7 Å². The normalized spacial score (nSPS) is 24.5. The zero-order valence-electron chi connectivity index (χ0n) is 31.9. The third-order valence-electron chi connectivity index (χ3n) is 11.4. The fourth-order valence-electron chi connectivity index (χ4n) is 7.77. The van der Waals surface area contributed by atoms with Crippen LogP contribution in [-0.2, 0) is 19.8 Å². The van der Waals surface area contributed by atoms with Crippen molar-refractivity contribution in [1.29, 1.82) is 0 Å². The van der Waals surface area contributed by atoms with E-state index in [0.29, 0.717) is 22.5 Å². The van der Waals surface area contributed by atoms with E-state index in [1.54, 1.807) is 65.6 Å². The van der Waals surface area contributed by atoms with Gasteiger partial charge in [-0.3, -0.25) is 14.4 Å². The maximum Gasteiger partial charge on any atom is 0.463 e. The van der Waals surface area contributed by atoms with Crippen LogP contribution in [0.2, 0.25) is 0 Å². The van der Waals surface area contributed by atoms with Crippen LogP contribution >= 0.6 is 0 Å². The van der Waals surface area contributed by atoms with Gasteiger partial charge in [0, 0.05) is 57.5 Å². The van der Waals surface area contributed by atoms with Crippen molar-refractivity contribution >= 4 is 40.3 Å². The van der Waals surface area contributed by atoms with E-state index in [1.807, 2.05) is 18.7 Å². The first kappa shape index (κ1) is 42.5. The Labute approximate surface area is 315 Å². The Hall–Kier alpha value is -4.64. The molecular weight excluding hydrogens is 766 g/mol. The molecule has 1 saturated heterocycles. The highest BCUT2D eigenvalue weighted by atomic mass is 19.4. The molecule has 306 valence electrons. The minimum absolute atomic E-state index is 0.262. The molecule has 2 atom stereocenters. The van der Waals surface area contributed by atoms with Crippen molar-refractivity contribution in [3.8, 4) is 0 Å². The quantitative estimate of drug-likeness (QED) is 0.220. The Morgan fingerprint density at radius 1 is 0.786 bits per heavy atom. The Balaban J connectivity index is 1.80. The van der Waals surface area contributed by atoms with Gasteiger partial charge in [-0.05, 0) is 77.0 Å². The Morgan fingerprint density at radius 3 is 1.79 bits per heavy atom. The molecule has 8 nitrogen and oxygen atoms in total. The lowest BCUT2D eigenvalue weighted by atomic mass is 9.73. The van der Waals surface area contributed by atoms with E-state index in [-0.39, 0.29) is 24.2 Å². The second kappa shape index (κ2) is 12.9. The van der Waals surface area contributed by atoms with Crippen LogP contribution in [0.4, 0.5) is 55.3 Å². The summed E-state index contributed by atoms with van der Waals surface area (Å²) < 4.78 is 137. The number of rotatable bonds is 6. The van der Waals surface area contributed by atoms with Gasteiger partial charge in [-0.15, -0.1) is 0 Å². The van der Waals surface area contributed by atoms with Crippen LogP contribution in [0.1, 0.15) is 80.4 Å². The number of halogens is 10. The summed E-state index contributed by atoms with van der Waals surface area (Å²) in [6, 6.07) is 1.16. The highest BCUT2D eigenvalue weighted by Gasteiger charge is 2.65. The monoisotopic (exact) mass is 806 g/mol. The van der Waals surface area contributed by atoms with Gasteiger partial charge in [0.05, 0.1) is 22.5 Å². The molecule has 4 aliphatic rings. The summed E-state index contributed by atoms with van der Waals surface area (Å²) in [5, 5.41) is 13.2. The van der Waals surface area contributed by atoms with Crippen LogP contribution in [0.5, 0.6) is 0 Å². The maximum atomic E-state index is 14.3. The Kier molecular flexibility index (Phi) is 9.82. The third kappa shape index (κ3) is 6.12. The molecule has 56 heavy (non-hydrogen) atoms. The Bertz CT molecular complexity index is 2080. The third-order valence-corrected chi connectivity index (χ3v) is 11.4. The van der Waals surface area contributed by atoms with Crippen molar-refractivity contribution in [3.05, 3.63) is 63.6 Å². The minimum Gasteiger partial charge on any atom is -0.506 e. The van der Waals surface area contributed by atoms with E-state index >= 15 is 0 Å². The summed E-state index contributed by atoms with van der Waals surface area (Å²) in [4.78, 5) is 45.9. The number of carbonyl (C=O) groups excluding carboxylic acids is 3. The number of hydrogen-bond acceptors (Lipinski definition) is 6. The number of amides is 2. The Morgan fingerprint density at radius 2 is 1.30 bits per heavy atom. The molecule has 0 saturated carbocycles. The molecule has 0 aromatic heterocycles. The van der Waals surface area contributed by atoms with Crippen LogP contribution in [0.3, 0.4) is 0 Å². The molecule has 2 heterocycles. The lowest BCUT2D eigenvalue weighted by molar-refractivity contribution is -0.268. The lowest BCUT2D eigenvalue weighted by Crippen LogP contribution is -2.47. The summed E-state index contributed by atoms with van der Waals surface area (Å²) >= 11 is 0. The fourth-order valence-corrected chi connectivity index (χ4v) is 7.77. The van der Waals surface area contributed by atoms with E-state index in [0.717, 1.165) is 12.1 Å². The van der Waals surface area contributed by atoms with Crippen LogP contribution < -0.4 is 10.2 Å². The number of fused-ring (bicyclic) bond motifs is 2. The molecule has 2 unspecified atom stereocenters. The molecule has 1 fully saturated rings. The van der Waals surface area contributed by atoms with Gasteiger partial charge in [0.2, 0.25) is 5.78 Å². The maximum absolute atomic E-state index is 14.3. The van der Waals surface area contributed by atoms with Gasteiger partial charge in [-0.25, -0.2) is 4.99 Å². The average Bonchev–Trinajstić information content (AvgIpc) is 3.36. The number of hydrogen-bond donors (Lipinski definition) is 2. The summed E-state index contributed by atoms with van der Waals surface area (Å²) in [5.41, 5.74) is -4.04. The molecular formula is C38H40F10N4O4. The van der Waals surface area contributed by atoms with Crippen molar-refractivity contribution < 1.29 is 63.4 Å². The summed E-state index contributed by atoms with van der Waals surface area (Å²) in [6.45, 7) is 17.9. The van der Waals surface area contributed by atoms with Crippen LogP contribution in [0, 0.1) is 5.41 Å². The van der Waals surface area contributed by atoms with E-state index in [4.69, 9.17) is 0 Å². The number of allylic oxidation sites excluding steroid dienone is 6. The molecule has 0 bridgehead atoms. The van der Waals surface area contributed by atoms with Crippen molar-refractivity contribution in [1.82, 2.24) is 4.90 Å². The number of aliphatic hydroxyl groups excluding tert-OH is 1. The van der Waals surface area contributed by atoms with Crippen molar-refractivity contribution in [2.45, 2.75) is 123 Å². The van der Waals surface area contributed by atoms with Gasteiger partial charge >= 0.3 is 36.0 Å². The number of aliphatic hydroxyl groups is 1. The minimum atomic E-state index is -6.34. The molecule has 1 aromatic carbocycles. The summed E-state index contributed by atoms with van der Waals surface area (Å²) in [5.74, 6) is -19.7. The highest BCUT2D eigenvalue weighted by molar-refractivity contribution is 6.42. The molecule has 2 N–H and O–H groups in total. The topological polar surface area (TPSA) is 102 Å². The summed E-state index contributed by atoms with van der Waals surface area (Å²) in [6.07, 6.45) is -10.4. The summed E-state index contributed by atoms with van der Waals surface area (Å²) in [7, 11) is 0. The molecule has 2 aliphatic heterocycles. The number of likely N-dealkylation sites (tertiary alicyclic amines) is 1. The second-order valence-electron chi connectivity index (χ2n) is 16.0. The number of alkyl halides is 10. The van der Waals surface area contributed by atoms with Crippen molar-refractivity contribution in [2.24, 2.45) is 10.4 Å². The molecule has 0 spiro atoms. The highest BCUT2D eigenvalue weighted by Crippen LogP contribution is 2.54. The van der Waals surface area contributed by atoms with Crippen LogP contribution in [0.15, 0.2) is 57.5 Å². The number of nitrogens with zero attached hydrogens (tertiary/aromatic N) is 3. The smallest absolute Gasteiger partial charge is 0.463 e. The van der Waals surface area contributed by atoms with Gasteiger partial charge in [0.15, 0.2) is 0 Å². The number of anilines is 2.